The van der Waals surface area contributed by atoms with Crippen molar-refractivity contribution in [1.82, 2.24) is 0 Å². The van der Waals surface area contributed by atoms with Crippen LogP contribution in [0.5, 0.6) is 11.5 Å². The van der Waals surface area contributed by atoms with E-state index in [2.05, 4.69) is 9.47 Å². The molecule has 0 spiro atoms. The first-order valence-electron chi connectivity index (χ1n) is 21.1. The van der Waals surface area contributed by atoms with Gasteiger partial charge in [-0.05, 0) is 0 Å². The van der Waals surface area contributed by atoms with Crippen molar-refractivity contribution in [3.8, 4) is 11.5 Å². The molecule has 0 atom stereocenters. The summed E-state index contributed by atoms with van der Waals surface area (Å²) in [6, 6.07) is 0.0153. The minimum atomic E-state index is -1.81. The Labute approximate surface area is 382 Å². The summed E-state index contributed by atoms with van der Waals surface area (Å²) in [6.45, 7) is 7.67. The van der Waals surface area contributed by atoms with Crippen LogP contribution in [0.25, 0.3) is 0 Å². The Bertz CT molecular complexity index is 1470. The largest absolute Gasteiger partial charge is 0.420 e. The number of hydrogen-bond acceptors (Lipinski definition) is 17. The van der Waals surface area contributed by atoms with Crippen LogP contribution in [0.4, 0.5) is 35.1 Å². The maximum Gasteiger partial charge on any atom is 0.313 e. The average Bonchev–Trinajstić information content (AvgIpc) is 3.31. The van der Waals surface area contributed by atoms with Crippen LogP contribution in [-0.2, 0) is 71.2 Å². The third kappa shape index (κ3) is 29.1. The lowest BCUT2D eigenvalue weighted by Crippen LogP contribution is -2.16. The molecule has 0 saturated heterocycles. The summed E-state index contributed by atoms with van der Waals surface area (Å²) in [5.74, 6) is -19.1. The second-order valence-corrected chi connectivity index (χ2v) is 13.0. The SMILES string of the molecule is O=C(CCOCCOCCOCCOCCOCCOCCOCCOCCOCCOCCOCCOCCOCCC(=O)Oc1c(F)c(F)cc(F)c1F)Oc1c(F)c(F)cc(F)c1F. The second kappa shape index (κ2) is 39.2. The number of halogens is 8. The molecule has 0 aromatic heterocycles. The summed E-state index contributed by atoms with van der Waals surface area (Å²) in [4.78, 5) is 23.4. The number of carbonyl (C=O) groups excluding carboxylic acids is 2. The molecule has 0 unspecified atom stereocenters. The second-order valence-electron chi connectivity index (χ2n) is 13.0. The standard InChI is InChI=1S/C42H58F8O17/c43-31-29-32(44)38(48)41(37(31)47)66-35(51)1-3-53-5-7-55-9-11-57-13-15-59-17-19-61-21-23-63-25-27-65-28-26-64-24-22-62-20-18-60-16-14-58-12-10-56-8-6-54-4-2-36(52)67-42-39(49)33(45)30-34(46)40(42)50/h29-30H,1-28H2. The zero-order valence-electron chi connectivity index (χ0n) is 36.9. The van der Waals surface area contributed by atoms with E-state index in [0.29, 0.717) is 119 Å². The lowest BCUT2D eigenvalue weighted by atomic mass is 10.3. The van der Waals surface area contributed by atoms with Gasteiger partial charge >= 0.3 is 11.9 Å². The molecule has 2 aromatic carbocycles. The minimum Gasteiger partial charge on any atom is -0.420 e. The predicted octanol–water partition coefficient (Wildman–Crippen LogP) is 4.31. The highest BCUT2D eigenvalue weighted by Gasteiger charge is 2.24. The molecule has 67 heavy (non-hydrogen) atoms. The molecular weight excluding hydrogens is 928 g/mol. The van der Waals surface area contributed by atoms with E-state index in [9.17, 15) is 44.7 Å². The Balaban J connectivity index is 1.18. The smallest absolute Gasteiger partial charge is 0.313 e. The first-order chi connectivity index (χ1) is 32.5. The maximum absolute atomic E-state index is 13.5. The molecule has 0 aliphatic rings. The van der Waals surface area contributed by atoms with Crippen LogP contribution in [0.3, 0.4) is 0 Å². The number of rotatable bonds is 44. The minimum absolute atomic E-state index is 0.00764. The molecule has 0 N–H and O–H groups in total. The van der Waals surface area contributed by atoms with Crippen LogP contribution < -0.4 is 9.47 Å². The molecule has 2 aromatic rings. The molecule has 0 bridgehead atoms. The van der Waals surface area contributed by atoms with Crippen LogP contribution in [0.2, 0.25) is 0 Å². The number of benzene rings is 2. The highest BCUT2D eigenvalue weighted by molar-refractivity contribution is 5.73. The Morgan fingerprint density at radius 2 is 0.418 bits per heavy atom. The monoisotopic (exact) mass is 986 g/mol. The lowest BCUT2D eigenvalue weighted by molar-refractivity contribution is -0.137. The van der Waals surface area contributed by atoms with Crippen LogP contribution in [-0.4, -0.2) is 184 Å². The van der Waals surface area contributed by atoms with Gasteiger partial charge in [0, 0.05) is 12.1 Å². The Hall–Kier alpha value is -3.70. The van der Waals surface area contributed by atoms with Gasteiger partial charge in [-0.2, -0.15) is 17.6 Å². The number of carbonyl (C=O) groups is 2. The maximum atomic E-state index is 13.5. The van der Waals surface area contributed by atoms with Crippen LogP contribution in [0.15, 0.2) is 12.1 Å². The zero-order chi connectivity index (χ0) is 48.7. The van der Waals surface area contributed by atoms with E-state index in [0.717, 1.165) is 0 Å². The summed E-state index contributed by atoms with van der Waals surface area (Å²) in [6.07, 6.45) is -0.821. The molecule has 0 fully saturated rings. The predicted molar refractivity (Wildman–Crippen MR) is 214 cm³/mol. The van der Waals surface area contributed by atoms with Crippen molar-refractivity contribution >= 4 is 11.9 Å². The van der Waals surface area contributed by atoms with Crippen molar-refractivity contribution in [3.05, 3.63) is 58.7 Å². The van der Waals surface area contributed by atoms with Gasteiger partial charge < -0.3 is 71.1 Å². The van der Waals surface area contributed by atoms with Crippen LogP contribution in [0.1, 0.15) is 12.8 Å². The fourth-order valence-electron chi connectivity index (χ4n) is 4.66. The Morgan fingerprint density at radius 3 is 0.582 bits per heavy atom. The molecule has 0 amide bonds. The summed E-state index contributed by atoms with van der Waals surface area (Å²) in [5.41, 5.74) is 0. The number of esters is 2. The Morgan fingerprint density at radius 1 is 0.269 bits per heavy atom. The van der Waals surface area contributed by atoms with Gasteiger partial charge in [-0.3, -0.25) is 9.59 Å². The fourth-order valence-corrected chi connectivity index (χ4v) is 4.66. The van der Waals surface area contributed by atoms with Crippen molar-refractivity contribution in [1.29, 1.82) is 0 Å². The van der Waals surface area contributed by atoms with Gasteiger partial charge in [0.1, 0.15) is 0 Å². The number of ether oxygens (including phenoxy) is 15. The van der Waals surface area contributed by atoms with Gasteiger partial charge in [-0.1, -0.05) is 0 Å². The van der Waals surface area contributed by atoms with Gasteiger partial charge in [0.05, 0.1) is 185 Å². The molecule has 17 nitrogen and oxygen atoms in total. The third-order valence-electron chi connectivity index (χ3n) is 7.94. The number of hydrogen-bond donors (Lipinski definition) is 0. The van der Waals surface area contributed by atoms with Gasteiger partial charge in [-0.25, -0.2) is 17.6 Å². The molecule has 384 valence electrons. The van der Waals surface area contributed by atoms with Crippen molar-refractivity contribution in [3.63, 3.8) is 0 Å². The van der Waals surface area contributed by atoms with E-state index >= 15 is 0 Å². The van der Waals surface area contributed by atoms with Gasteiger partial charge in [0.25, 0.3) is 0 Å². The normalized spacial score (nSPS) is 11.5. The molecule has 0 heterocycles. The zero-order valence-corrected chi connectivity index (χ0v) is 36.9. The molecule has 25 heteroatoms. The quantitative estimate of drug-likeness (QED) is 0.0302. The molecular formula is C42H58F8O17. The molecule has 0 aliphatic heterocycles. The summed E-state index contributed by atoms with van der Waals surface area (Å²) in [7, 11) is 0. The molecule has 0 aliphatic carbocycles. The van der Waals surface area contributed by atoms with Crippen molar-refractivity contribution in [2.24, 2.45) is 0 Å². The van der Waals surface area contributed by atoms with E-state index in [1.54, 1.807) is 0 Å². The van der Waals surface area contributed by atoms with Crippen molar-refractivity contribution in [2.45, 2.75) is 12.8 Å². The fraction of sp³-hybridized carbons (Fsp3) is 0.667. The molecule has 0 saturated carbocycles. The summed E-state index contributed by atoms with van der Waals surface area (Å²) >= 11 is 0. The first-order valence-corrected chi connectivity index (χ1v) is 21.1. The lowest BCUT2D eigenvalue weighted by Gasteiger charge is -2.09. The summed E-state index contributed by atoms with van der Waals surface area (Å²) in [5, 5.41) is 0. The average molecular weight is 987 g/mol. The van der Waals surface area contributed by atoms with Gasteiger partial charge in [0.15, 0.2) is 23.3 Å². The van der Waals surface area contributed by atoms with Gasteiger partial charge in [-0.15, -0.1) is 0 Å². The van der Waals surface area contributed by atoms with Gasteiger partial charge in [0.2, 0.25) is 34.8 Å². The van der Waals surface area contributed by atoms with E-state index in [1.165, 1.54) is 0 Å². The van der Waals surface area contributed by atoms with E-state index in [1.807, 2.05) is 0 Å². The van der Waals surface area contributed by atoms with E-state index in [4.69, 9.17) is 61.6 Å². The van der Waals surface area contributed by atoms with Crippen LogP contribution >= 0.6 is 0 Å². The van der Waals surface area contributed by atoms with Crippen LogP contribution in [0, 0.1) is 46.5 Å². The Kier molecular flexibility index (Phi) is 34.7. The summed E-state index contributed by atoms with van der Waals surface area (Å²) < 4.78 is 185. The van der Waals surface area contributed by atoms with E-state index in [-0.39, 0.29) is 65.0 Å². The van der Waals surface area contributed by atoms with E-state index < -0.39 is 82.8 Å². The first kappa shape index (κ1) is 59.4. The highest BCUT2D eigenvalue weighted by Crippen LogP contribution is 2.28. The topological polar surface area (TPSA) is 173 Å². The molecule has 2 rings (SSSR count). The highest BCUT2D eigenvalue weighted by atomic mass is 19.2. The molecule has 0 radical (unpaired) electrons. The van der Waals surface area contributed by atoms with Crippen molar-refractivity contribution < 1.29 is 116 Å². The van der Waals surface area contributed by atoms with Crippen molar-refractivity contribution in [2.75, 3.05) is 172 Å². The third-order valence-corrected chi connectivity index (χ3v) is 7.94.